The van der Waals surface area contributed by atoms with Crippen LogP contribution in [0, 0.1) is 11.6 Å². The van der Waals surface area contributed by atoms with Crippen molar-refractivity contribution in [3.05, 3.63) is 47.7 Å². The Bertz CT molecular complexity index is 850. The predicted molar refractivity (Wildman–Crippen MR) is 121 cm³/mol. The van der Waals surface area contributed by atoms with Crippen molar-refractivity contribution in [1.82, 2.24) is 15.6 Å². The van der Waals surface area contributed by atoms with E-state index in [1.54, 1.807) is 13.2 Å². The van der Waals surface area contributed by atoms with E-state index in [1.807, 2.05) is 4.90 Å². The molecular formula is C20H28F2IN5O. The number of hydrogen-bond acceptors (Lipinski definition) is 4. The summed E-state index contributed by atoms with van der Waals surface area (Å²) in [5, 5.41) is 6.53. The van der Waals surface area contributed by atoms with Crippen LogP contribution in [0.2, 0.25) is 0 Å². The third-order valence-electron chi connectivity index (χ3n) is 4.70. The fourth-order valence-corrected chi connectivity index (χ4v) is 3.12. The van der Waals surface area contributed by atoms with Gasteiger partial charge in [-0.15, -0.1) is 24.0 Å². The van der Waals surface area contributed by atoms with Gasteiger partial charge in [-0.2, -0.15) is 0 Å². The molecule has 0 amide bonds. The Hall–Kier alpha value is -1.91. The van der Waals surface area contributed by atoms with Crippen LogP contribution in [0.15, 0.2) is 33.8 Å². The summed E-state index contributed by atoms with van der Waals surface area (Å²) in [5.74, 6) is 0.943. The maximum Gasteiger partial charge on any atom is 0.213 e. The minimum Gasteiger partial charge on any atom is -0.443 e. The molecule has 0 saturated carbocycles. The lowest BCUT2D eigenvalue weighted by Crippen LogP contribution is -2.44. The number of nitrogens with zero attached hydrogens (tertiary/aromatic N) is 3. The molecule has 29 heavy (non-hydrogen) atoms. The van der Waals surface area contributed by atoms with Gasteiger partial charge in [-0.1, -0.05) is 20.8 Å². The van der Waals surface area contributed by atoms with Gasteiger partial charge in [-0.05, 0) is 18.6 Å². The lowest BCUT2D eigenvalue weighted by Gasteiger charge is -2.20. The Morgan fingerprint density at radius 2 is 2.10 bits per heavy atom. The van der Waals surface area contributed by atoms with E-state index in [9.17, 15) is 8.78 Å². The molecule has 0 aliphatic carbocycles. The average molecular weight is 519 g/mol. The largest absolute Gasteiger partial charge is 0.443 e. The number of rotatable bonds is 4. The molecule has 2 aromatic rings. The van der Waals surface area contributed by atoms with E-state index in [0.717, 1.165) is 18.2 Å². The van der Waals surface area contributed by atoms with Crippen molar-refractivity contribution < 1.29 is 13.2 Å². The van der Waals surface area contributed by atoms with Gasteiger partial charge in [0.05, 0.1) is 18.4 Å². The third-order valence-corrected chi connectivity index (χ3v) is 4.70. The van der Waals surface area contributed by atoms with E-state index in [1.165, 1.54) is 12.1 Å². The second-order valence-corrected chi connectivity index (χ2v) is 7.97. The van der Waals surface area contributed by atoms with Crippen LogP contribution in [0.5, 0.6) is 0 Å². The molecule has 1 saturated heterocycles. The molecule has 9 heteroatoms. The van der Waals surface area contributed by atoms with Crippen LogP contribution in [0.4, 0.5) is 14.5 Å². The van der Waals surface area contributed by atoms with Gasteiger partial charge in [0.2, 0.25) is 5.89 Å². The van der Waals surface area contributed by atoms with Crippen LogP contribution in [-0.2, 0) is 12.0 Å². The second kappa shape index (κ2) is 9.73. The molecule has 1 aliphatic heterocycles. The molecule has 1 unspecified atom stereocenters. The lowest BCUT2D eigenvalue weighted by molar-refractivity contribution is 0.379. The Morgan fingerprint density at radius 1 is 1.34 bits per heavy atom. The van der Waals surface area contributed by atoms with E-state index >= 15 is 0 Å². The normalized spacial score (nSPS) is 17.2. The number of benzene rings is 1. The summed E-state index contributed by atoms with van der Waals surface area (Å²) in [7, 11) is 1.69. The number of aromatic nitrogens is 1. The SMILES string of the molecule is CN=C(NCc1ncc(C(C)(C)C)o1)NC1CCN(c2ccc(F)cc2F)C1.I. The van der Waals surface area contributed by atoms with Crippen molar-refractivity contribution in [3.63, 3.8) is 0 Å². The molecule has 1 aliphatic rings. The van der Waals surface area contributed by atoms with Gasteiger partial charge in [0, 0.05) is 37.7 Å². The topological polar surface area (TPSA) is 65.7 Å². The first-order valence-corrected chi connectivity index (χ1v) is 9.38. The quantitative estimate of drug-likeness (QED) is 0.366. The van der Waals surface area contributed by atoms with Crippen molar-refractivity contribution in [2.24, 2.45) is 4.99 Å². The number of oxazole rings is 1. The second-order valence-electron chi connectivity index (χ2n) is 7.97. The number of hydrogen-bond donors (Lipinski definition) is 2. The number of aliphatic imine (C=N–C) groups is 1. The molecule has 6 nitrogen and oxygen atoms in total. The number of halogens is 3. The molecule has 1 aromatic carbocycles. The van der Waals surface area contributed by atoms with Crippen LogP contribution >= 0.6 is 24.0 Å². The Morgan fingerprint density at radius 3 is 2.72 bits per heavy atom. The average Bonchev–Trinajstić information content (AvgIpc) is 3.27. The highest BCUT2D eigenvalue weighted by Crippen LogP contribution is 2.24. The van der Waals surface area contributed by atoms with Gasteiger partial charge in [0.25, 0.3) is 0 Å². The fourth-order valence-electron chi connectivity index (χ4n) is 3.12. The summed E-state index contributed by atoms with van der Waals surface area (Å²) in [6, 6.07) is 3.78. The minimum absolute atomic E-state index is 0. The summed E-state index contributed by atoms with van der Waals surface area (Å²) in [5.41, 5.74) is 0.330. The third kappa shape index (κ3) is 6.03. The van der Waals surface area contributed by atoms with Gasteiger partial charge >= 0.3 is 0 Å². The maximum atomic E-state index is 14.0. The van der Waals surface area contributed by atoms with Crippen molar-refractivity contribution in [2.45, 2.75) is 45.2 Å². The van der Waals surface area contributed by atoms with E-state index in [4.69, 9.17) is 4.42 Å². The highest BCUT2D eigenvalue weighted by molar-refractivity contribution is 14.0. The summed E-state index contributed by atoms with van der Waals surface area (Å²) in [6.07, 6.45) is 2.57. The summed E-state index contributed by atoms with van der Waals surface area (Å²) >= 11 is 0. The van der Waals surface area contributed by atoms with Gasteiger partial charge < -0.3 is 20.0 Å². The van der Waals surface area contributed by atoms with Crippen LogP contribution in [-0.4, -0.2) is 37.1 Å². The first-order chi connectivity index (χ1) is 13.3. The summed E-state index contributed by atoms with van der Waals surface area (Å²) in [6.45, 7) is 7.92. The zero-order valence-corrected chi connectivity index (χ0v) is 19.5. The fraction of sp³-hybridized carbons (Fsp3) is 0.500. The molecule has 0 radical (unpaired) electrons. The zero-order valence-electron chi connectivity index (χ0n) is 17.1. The van der Waals surface area contributed by atoms with Crippen molar-refractivity contribution in [1.29, 1.82) is 0 Å². The van der Waals surface area contributed by atoms with Crippen LogP contribution in [0.3, 0.4) is 0 Å². The first kappa shape index (κ1) is 23.4. The molecule has 0 bridgehead atoms. The van der Waals surface area contributed by atoms with Gasteiger partial charge in [-0.25, -0.2) is 13.8 Å². The molecule has 2 heterocycles. The van der Waals surface area contributed by atoms with Gasteiger partial charge in [0.1, 0.15) is 17.4 Å². The van der Waals surface area contributed by atoms with Crippen LogP contribution < -0.4 is 15.5 Å². The van der Waals surface area contributed by atoms with Crippen molar-refractivity contribution >= 4 is 35.6 Å². The Balaban J connectivity index is 0.00000300. The van der Waals surface area contributed by atoms with Gasteiger partial charge in [0.15, 0.2) is 5.96 Å². The molecule has 0 spiro atoms. The molecule has 1 atom stereocenters. The predicted octanol–water partition coefficient (Wildman–Crippen LogP) is 3.81. The lowest BCUT2D eigenvalue weighted by atomic mass is 9.94. The standard InChI is InChI=1S/C20H27F2N5O.HI/c1-20(2,3)17-10-24-18(28-17)11-25-19(23-4)26-14-7-8-27(12-14)16-6-5-13(21)9-15(16)22;/h5-6,9-10,14H,7-8,11-12H2,1-4H3,(H2,23,25,26);1H. The number of anilines is 1. The van der Waals surface area contributed by atoms with E-state index < -0.39 is 11.6 Å². The van der Waals surface area contributed by atoms with Crippen LogP contribution in [0.1, 0.15) is 38.8 Å². The molecule has 1 fully saturated rings. The highest BCUT2D eigenvalue weighted by Gasteiger charge is 2.25. The minimum atomic E-state index is -0.569. The van der Waals surface area contributed by atoms with Crippen LogP contribution in [0.25, 0.3) is 0 Å². The van der Waals surface area contributed by atoms with E-state index in [2.05, 4.69) is 41.4 Å². The first-order valence-electron chi connectivity index (χ1n) is 9.38. The van der Waals surface area contributed by atoms with E-state index in [0.29, 0.717) is 37.2 Å². The summed E-state index contributed by atoms with van der Waals surface area (Å²) < 4.78 is 32.9. The molecule has 3 rings (SSSR count). The Kier molecular flexibility index (Phi) is 7.84. The molecule has 2 N–H and O–H groups in total. The van der Waals surface area contributed by atoms with Crippen molar-refractivity contribution in [3.8, 4) is 0 Å². The maximum absolute atomic E-state index is 14.0. The number of guanidine groups is 1. The Labute approximate surface area is 187 Å². The molecule has 160 valence electrons. The monoisotopic (exact) mass is 519 g/mol. The molecular weight excluding hydrogens is 491 g/mol. The van der Waals surface area contributed by atoms with E-state index in [-0.39, 0.29) is 35.4 Å². The summed E-state index contributed by atoms with van der Waals surface area (Å²) in [4.78, 5) is 10.4. The smallest absolute Gasteiger partial charge is 0.213 e. The van der Waals surface area contributed by atoms with Crippen molar-refractivity contribution in [2.75, 3.05) is 25.0 Å². The highest BCUT2D eigenvalue weighted by atomic mass is 127. The molecule has 1 aromatic heterocycles. The zero-order chi connectivity index (χ0) is 20.3. The number of nitrogens with one attached hydrogen (secondary N) is 2. The van der Waals surface area contributed by atoms with Gasteiger partial charge in [-0.3, -0.25) is 4.99 Å².